The lowest BCUT2D eigenvalue weighted by Crippen LogP contribution is -2.31. The first kappa shape index (κ1) is 21.2. The Hall–Kier alpha value is -2.52. The second-order valence-corrected chi connectivity index (χ2v) is 8.87. The van der Waals surface area contributed by atoms with Crippen LogP contribution in [-0.2, 0) is 10.0 Å². The number of amides is 1. The third-order valence-corrected chi connectivity index (χ3v) is 6.49. The quantitative estimate of drug-likeness (QED) is 0.530. The van der Waals surface area contributed by atoms with E-state index in [0.29, 0.717) is 28.5 Å². The van der Waals surface area contributed by atoms with Gasteiger partial charge in [-0.25, -0.2) is 8.42 Å². The first-order valence-corrected chi connectivity index (χ1v) is 11.4. The highest BCUT2D eigenvalue weighted by Crippen LogP contribution is 2.33. The van der Waals surface area contributed by atoms with Gasteiger partial charge in [-0.05, 0) is 38.1 Å². The first-order valence-electron chi connectivity index (χ1n) is 9.08. The Morgan fingerprint density at radius 1 is 1.17 bits per heavy atom. The average molecular weight is 480 g/mol. The van der Waals surface area contributed by atoms with E-state index in [1.807, 2.05) is 19.9 Å². The molecule has 0 fully saturated rings. The molecule has 1 heterocycles. The number of sulfonamides is 1. The number of halogens is 1. The Morgan fingerprint density at radius 2 is 1.86 bits per heavy atom. The summed E-state index contributed by atoms with van der Waals surface area (Å²) in [6.07, 6.45) is 0. The number of para-hydroxylation sites is 1. The monoisotopic (exact) mass is 479 g/mol. The van der Waals surface area contributed by atoms with Crippen LogP contribution in [0.1, 0.15) is 24.3 Å². The van der Waals surface area contributed by atoms with E-state index in [4.69, 9.17) is 4.74 Å². The average Bonchev–Trinajstić information content (AvgIpc) is 3.06. The Labute approximate surface area is 178 Å². The zero-order chi connectivity index (χ0) is 21.2. The number of fused-ring (bicyclic) bond motifs is 1. The van der Waals surface area contributed by atoms with E-state index in [1.165, 1.54) is 13.2 Å². The fourth-order valence-electron chi connectivity index (χ4n) is 3.13. The molecule has 0 saturated heterocycles. The van der Waals surface area contributed by atoms with Crippen molar-refractivity contribution in [3.8, 4) is 5.75 Å². The number of carbonyl (C=O) groups excluding carboxylic acids is 1. The number of nitrogens with one attached hydrogen (secondary N) is 2. The number of H-pyrrole nitrogens is 1. The van der Waals surface area contributed by atoms with Gasteiger partial charge >= 0.3 is 0 Å². The summed E-state index contributed by atoms with van der Waals surface area (Å²) in [5.74, 6) is -0.0673. The summed E-state index contributed by atoms with van der Waals surface area (Å²) in [6, 6.07) is 11.9. The Bertz CT molecular complexity index is 1150. The molecule has 0 aliphatic rings. The Kier molecular flexibility index (Phi) is 6.18. The van der Waals surface area contributed by atoms with E-state index in [2.05, 4.69) is 25.6 Å². The smallest absolute Gasteiger partial charge is 0.272 e. The van der Waals surface area contributed by atoms with Gasteiger partial charge in [0.1, 0.15) is 16.3 Å². The number of carbonyl (C=O) groups is 1. The van der Waals surface area contributed by atoms with Gasteiger partial charge in [0.2, 0.25) is 0 Å². The SMILES string of the molecule is CCN(CC)C(=O)c1[nH]c2ccccc2c1NS(=O)(=O)c1cc(Br)ccc1OC. The van der Waals surface area contributed by atoms with Crippen LogP contribution in [-0.4, -0.2) is 44.4 Å². The second-order valence-electron chi connectivity index (χ2n) is 6.30. The predicted molar refractivity (Wildman–Crippen MR) is 117 cm³/mol. The van der Waals surface area contributed by atoms with Gasteiger partial charge in [-0.15, -0.1) is 0 Å². The topological polar surface area (TPSA) is 91.5 Å². The van der Waals surface area contributed by atoms with Crippen LogP contribution in [0.2, 0.25) is 0 Å². The maximum atomic E-state index is 13.2. The summed E-state index contributed by atoms with van der Waals surface area (Å²) in [5.41, 5.74) is 1.09. The van der Waals surface area contributed by atoms with Gasteiger partial charge in [0.05, 0.1) is 12.8 Å². The molecule has 154 valence electrons. The molecule has 0 aliphatic heterocycles. The summed E-state index contributed by atoms with van der Waals surface area (Å²) >= 11 is 3.30. The number of hydrogen-bond donors (Lipinski definition) is 2. The van der Waals surface area contributed by atoms with Gasteiger partial charge in [0.15, 0.2) is 0 Å². The molecular formula is C20H22BrN3O4S. The minimum absolute atomic E-state index is 0.0269. The fourth-order valence-corrected chi connectivity index (χ4v) is 4.93. The van der Waals surface area contributed by atoms with E-state index in [9.17, 15) is 13.2 Å². The number of benzene rings is 2. The van der Waals surface area contributed by atoms with Crippen LogP contribution in [0.5, 0.6) is 5.75 Å². The third-order valence-electron chi connectivity index (χ3n) is 4.62. The van der Waals surface area contributed by atoms with Crippen molar-refractivity contribution < 1.29 is 17.9 Å². The molecule has 29 heavy (non-hydrogen) atoms. The van der Waals surface area contributed by atoms with Gasteiger partial charge in [-0.2, -0.15) is 0 Å². The molecule has 0 bridgehead atoms. The normalized spacial score (nSPS) is 11.4. The summed E-state index contributed by atoms with van der Waals surface area (Å²) in [4.78, 5) is 17.7. The lowest BCUT2D eigenvalue weighted by atomic mass is 10.2. The molecule has 0 spiro atoms. The molecule has 0 aliphatic carbocycles. The second kappa shape index (κ2) is 8.46. The number of nitrogens with zero attached hydrogens (tertiary/aromatic N) is 1. The number of aromatic amines is 1. The van der Waals surface area contributed by atoms with Crippen LogP contribution < -0.4 is 9.46 Å². The van der Waals surface area contributed by atoms with Crippen molar-refractivity contribution in [2.45, 2.75) is 18.7 Å². The van der Waals surface area contributed by atoms with Gasteiger partial charge < -0.3 is 14.6 Å². The molecule has 2 aromatic carbocycles. The van der Waals surface area contributed by atoms with Crippen molar-refractivity contribution in [2.24, 2.45) is 0 Å². The predicted octanol–water partition coefficient (Wildman–Crippen LogP) is 4.22. The van der Waals surface area contributed by atoms with Gasteiger partial charge in [-0.1, -0.05) is 34.1 Å². The number of methoxy groups -OCH3 is 1. The van der Waals surface area contributed by atoms with Crippen molar-refractivity contribution in [3.63, 3.8) is 0 Å². The number of hydrogen-bond acceptors (Lipinski definition) is 4. The maximum Gasteiger partial charge on any atom is 0.272 e. The highest BCUT2D eigenvalue weighted by atomic mass is 79.9. The highest BCUT2D eigenvalue weighted by molar-refractivity contribution is 9.10. The van der Waals surface area contributed by atoms with Crippen LogP contribution in [0.15, 0.2) is 51.8 Å². The number of anilines is 1. The van der Waals surface area contributed by atoms with Crippen molar-refractivity contribution in [1.29, 1.82) is 0 Å². The molecule has 1 amide bonds. The van der Waals surface area contributed by atoms with Crippen molar-refractivity contribution in [2.75, 3.05) is 24.9 Å². The zero-order valence-electron chi connectivity index (χ0n) is 16.3. The van der Waals surface area contributed by atoms with Crippen LogP contribution in [0, 0.1) is 0 Å². The summed E-state index contributed by atoms with van der Waals surface area (Å²) in [7, 11) is -2.62. The van der Waals surface area contributed by atoms with Crippen LogP contribution in [0.25, 0.3) is 10.9 Å². The Balaban J connectivity index is 2.16. The Morgan fingerprint density at radius 3 is 2.52 bits per heavy atom. The molecule has 0 unspecified atom stereocenters. The summed E-state index contributed by atoms with van der Waals surface area (Å²) in [6.45, 7) is 4.77. The van der Waals surface area contributed by atoms with Gasteiger partial charge in [-0.3, -0.25) is 9.52 Å². The number of rotatable bonds is 7. The summed E-state index contributed by atoms with van der Waals surface area (Å²) in [5, 5.41) is 0.612. The van der Waals surface area contributed by atoms with E-state index in [0.717, 1.165) is 0 Å². The standard InChI is InChI=1S/C20H22BrN3O4S/c1-4-24(5-2)20(25)19-18(14-8-6-7-9-15(14)22-19)23-29(26,27)17-12-13(21)10-11-16(17)28-3/h6-12,22-23H,4-5H2,1-3H3. The molecular weight excluding hydrogens is 458 g/mol. The van der Waals surface area contributed by atoms with E-state index in [-0.39, 0.29) is 27.9 Å². The molecule has 7 nitrogen and oxygen atoms in total. The molecule has 0 radical (unpaired) electrons. The molecule has 0 atom stereocenters. The van der Waals surface area contributed by atoms with Crippen molar-refractivity contribution in [3.05, 3.63) is 52.6 Å². The zero-order valence-corrected chi connectivity index (χ0v) is 18.7. The molecule has 9 heteroatoms. The van der Waals surface area contributed by atoms with Crippen LogP contribution in [0.3, 0.4) is 0 Å². The van der Waals surface area contributed by atoms with Crippen LogP contribution >= 0.6 is 15.9 Å². The number of ether oxygens (including phenoxy) is 1. The third kappa shape index (κ3) is 4.11. The molecule has 3 rings (SSSR count). The maximum absolute atomic E-state index is 13.2. The molecule has 1 aromatic heterocycles. The number of aromatic nitrogens is 1. The minimum atomic E-state index is -4.03. The first-order chi connectivity index (χ1) is 13.8. The van der Waals surface area contributed by atoms with Crippen molar-refractivity contribution >= 4 is 48.5 Å². The fraction of sp³-hybridized carbons (Fsp3) is 0.250. The van der Waals surface area contributed by atoms with Gasteiger partial charge in [0, 0.05) is 28.5 Å². The van der Waals surface area contributed by atoms with Gasteiger partial charge in [0.25, 0.3) is 15.9 Å². The molecule has 3 aromatic rings. The van der Waals surface area contributed by atoms with E-state index < -0.39 is 10.0 Å². The lowest BCUT2D eigenvalue weighted by Gasteiger charge is -2.19. The minimum Gasteiger partial charge on any atom is -0.495 e. The van der Waals surface area contributed by atoms with E-state index >= 15 is 0 Å². The molecule has 2 N–H and O–H groups in total. The summed E-state index contributed by atoms with van der Waals surface area (Å²) < 4.78 is 34.8. The highest BCUT2D eigenvalue weighted by Gasteiger charge is 2.27. The van der Waals surface area contributed by atoms with Crippen molar-refractivity contribution in [1.82, 2.24) is 9.88 Å². The lowest BCUT2D eigenvalue weighted by molar-refractivity contribution is 0.0769. The van der Waals surface area contributed by atoms with Crippen LogP contribution in [0.4, 0.5) is 5.69 Å². The van der Waals surface area contributed by atoms with E-state index in [1.54, 1.807) is 35.2 Å². The largest absolute Gasteiger partial charge is 0.495 e. The molecule has 0 saturated carbocycles.